The van der Waals surface area contributed by atoms with Gasteiger partial charge in [0.25, 0.3) is 20.0 Å². The van der Waals surface area contributed by atoms with Gasteiger partial charge in [-0.3, -0.25) is 8.61 Å². The molecule has 0 radical (unpaired) electrons. The van der Waals surface area contributed by atoms with Gasteiger partial charge in [-0.25, -0.2) is 16.8 Å². The number of aryl methyl sites for hydroxylation is 2. The maximum absolute atomic E-state index is 13.9. The zero-order valence-electron chi connectivity index (χ0n) is 26.3. The van der Waals surface area contributed by atoms with Crippen LogP contribution in [0.25, 0.3) is 0 Å². The maximum Gasteiger partial charge on any atom is 0.264 e. The Hall–Kier alpha value is -1.73. The summed E-state index contributed by atoms with van der Waals surface area (Å²) in [5.74, 6) is 0.679. The van der Waals surface area contributed by atoms with E-state index in [9.17, 15) is 16.8 Å². The quantitative estimate of drug-likeness (QED) is 0.118. The number of benzene rings is 4. The van der Waals surface area contributed by atoms with E-state index in [0.717, 1.165) is 20.1 Å². The number of alkyl halides is 2. The minimum Gasteiger partial charge on any atom is -0.265 e. The molecule has 0 aliphatic rings. The highest BCUT2D eigenvalue weighted by atomic mass is 79.9. The zero-order chi connectivity index (χ0) is 34.6. The molecule has 0 N–H and O–H groups in total. The first-order chi connectivity index (χ1) is 21.9. The molecular formula is C34H36Br2Cl2N2O4S3. The molecule has 2 atom stereocenters. The summed E-state index contributed by atoms with van der Waals surface area (Å²) in [6.45, 7) is 7.35. The molecule has 0 aliphatic carbocycles. The first kappa shape index (κ1) is 38.1. The van der Waals surface area contributed by atoms with Crippen molar-refractivity contribution in [2.45, 2.75) is 47.2 Å². The van der Waals surface area contributed by atoms with Gasteiger partial charge in [-0.15, -0.1) is 23.2 Å². The van der Waals surface area contributed by atoms with Crippen LogP contribution in [0, 0.1) is 13.8 Å². The van der Waals surface area contributed by atoms with Crippen molar-refractivity contribution < 1.29 is 16.8 Å². The lowest BCUT2D eigenvalue weighted by molar-refractivity contribution is 0.583. The minimum absolute atomic E-state index is 0.0147. The fourth-order valence-electron chi connectivity index (χ4n) is 4.73. The number of rotatable bonds is 14. The van der Waals surface area contributed by atoms with E-state index in [-0.39, 0.29) is 22.9 Å². The van der Waals surface area contributed by atoms with Crippen LogP contribution in [0.2, 0.25) is 0 Å². The van der Waals surface area contributed by atoms with E-state index in [1.807, 2.05) is 26.0 Å². The number of sulfonamides is 2. The van der Waals surface area contributed by atoms with Crippen molar-refractivity contribution in [1.82, 2.24) is 0 Å². The fourth-order valence-corrected chi connectivity index (χ4v) is 10.6. The summed E-state index contributed by atoms with van der Waals surface area (Å²) in [4.78, 5) is -1.68. The largest absolute Gasteiger partial charge is 0.265 e. The predicted octanol–water partition coefficient (Wildman–Crippen LogP) is 9.65. The highest BCUT2D eigenvalue weighted by molar-refractivity contribution is 9.10. The Bertz CT molecular complexity index is 1770. The molecule has 0 heterocycles. The average molecular weight is 864 g/mol. The van der Waals surface area contributed by atoms with Crippen molar-refractivity contribution >= 4 is 98.2 Å². The number of thioether (sulfide) groups is 1. The van der Waals surface area contributed by atoms with Gasteiger partial charge < -0.3 is 0 Å². The topological polar surface area (TPSA) is 74.8 Å². The summed E-state index contributed by atoms with van der Waals surface area (Å²) < 4.78 is 59.9. The van der Waals surface area contributed by atoms with E-state index in [1.54, 1.807) is 98.8 Å². The third-order valence-corrected chi connectivity index (χ3v) is 14.2. The number of hydrogen-bond donors (Lipinski definition) is 0. The molecule has 0 fully saturated rings. The van der Waals surface area contributed by atoms with E-state index in [1.165, 1.54) is 20.4 Å². The molecule has 0 aliphatic heterocycles. The van der Waals surface area contributed by atoms with Crippen molar-refractivity contribution in [2.75, 3.05) is 33.2 Å². The minimum atomic E-state index is -3.95. The van der Waals surface area contributed by atoms with Gasteiger partial charge in [0.15, 0.2) is 0 Å². The summed E-state index contributed by atoms with van der Waals surface area (Å²) in [5, 5.41) is 0. The Morgan fingerprint density at radius 1 is 0.617 bits per heavy atom. The maximum atomic E-state index is 13.9. The first-order valence-electron chi connectivity index (χ1n) is 14.6. The summed E-state index contributed by atoms with van der Waals surface area (Å²) in [6, 6.07) is 27.6. The number of anilines is 2. The molecule has 6 nitrogen and oxygen atoms in total. The number of nitrogens with zero attached hydrogens (tertiary/aromatic N) is 2. The van der Waals surface area contributed by atoms with Gasteiger partial charge in [0.2, 0.25) is 0 Å². The van der Waals surface area contributed by atoms with E-state index in [4.69, 9.17) is 23.2 Å². The summed E-state index contributed by atoms with van der Waals surface area (Å²) in [7, 11) is -7.91. The van der Waals surface area contributed by atoms with Crippen molar-refractivity contribution in [3.63, 3.8) is 0 Å². The summed E-state index contributed by atoms with van der Waals surface area (Å²) >= 11 is 22.5. The normalized spacial score (nSPS) is 14.6. The molecule has 0 saturated heterocycles. The van der Waals surface area contributed by atoms with Gasteiger partial charge in [0, 0.05) is 20.5 Å². The number of hydrogen-bond acceptors (Lipinski definition) is 5. The number of halogens is 4. The molecule has 0 aromatic heterocycles. The Balaban J connectivity index is 1.54. The molecule has 0 bridgehead atoms. The highest BCUT2D eigenvalue weighted by Gasteiger charge is 2.36. The second-order valence-corrected chi connectivity index (χ2v) is 20.3. The average Bonchev–Trinajstić information content (AvgIpc) is 2.99. The fraction of sp³-hybridized carbons (Fsp3) is 0.294. The standard InChI is InChI=1S/C34H36Br2Cl2N2O4S3/c1-25-11-15-31(16-12-25)46(41,42)39(29-9-5-7-27(35)19-29)21-33(3,37)23-45-24-34(4,38)22-40(30-10-6-8-28(36)20-30)47(43,44)32-17-13-26(2)14-18-32/h5-20H,21-24H2,1-4H3/t33-,34-/m1/s1. The van der Waals surface area contributed by atoms with Gasteiger partial charge in [0.1, 0.15) is 0 Å². The van der Waals surface area contributed by atoms with Crippen molar-refractivity contribution in [3.8, 4) is 0 Å². The highest BCUT2D eigenvalue weighted by Crippen LogP contribution is 2.35. The van der Waals surface area contributed by atoms with Crippen LogP contribution >= 0.6 is 66.8 Å². The third kappa shape index (κ3) is 10.2. The SMILES string of the molecule is Cc1ccc(S(=O)(=O)N(C[C@@](C)(Cl)CSC[C@](C)(Cl)CN(c2cccc(Br)c2)S(=O)(=O)c2ccc(C)cc2)c2cccc(Br)c2)cc1. The van der Waals surface area contributed by atoms with Crippen LogP contribution in [0.15, 0.2) is 116 Å². The van der Waals surface area contributed by atoms with Gasteiger partial charge in [-0.05, 0) is 88.4 Å². The van der Waals surface area contributed by atoms with Crippen molar-refractivity contribution in [2.24, 2.45) is 0 Å². The zero-order valence-corrected chi connectivity index (χ0v) is 33.5. The van der Waals surface area contributed by atoms with Crippen LogP contribution in [0.1, 0.15) is 25.0 Å². The lowest BCUT2D eigenvalue weighted by Gasteiger charge is -2.34. The molecule has 13 heteroatoms. The molecule has 4 aromatic carbocycles. The van der Waals surface area contributed by atoms with Gasteiger partial charge in [-0.2, -0.15) is 11.8 Å². The molecule has 0 saturated carbocycles. The lowest BCUT2D eigenvalue weighted by Crippen LogP contribution is -2.44. The van der Waals surface area contributed by atoms with Crippen LogP contribution in [0.5, 0.6) is 0 Å². The monoisotopic (exact) mass is 860 g/mol. The van der Waals surface area contributed by atoms with Gasteiger partial charge in [0.05, 0.1) is 44.0 Å². The molecule has 4 rings (SSSR count). The second-order valence-electron chi connectivity index (χ2n) is 11.9. The molecule has 0 spiro atoms. The van der Waals surface area contributed by atoms with Gasteiger partial charge in [-0.1, -0.05) is 79.4 Å². The van der Waals surface area contributed by atoms with Crippen LogP contribution in [0.3, 0.4) is 0 Å². The third-order valence-electron chi connectivity index (χ3n) is 7.16. The van der Waals surface area contributed by atoms with Crippen LogP contribution in [-0.2, 0) is 20.0 Å². The molecule has 4 aromatic rings. The van der Waals surface area contributed by atoms with Crippen LogP contribution in [0.4, 0.5) is 11.4 Å². The van der Waals surface area contributed by atoms with Crippen molar-refractivity contribution in [3.05, 3.63) is 117 Å². The summed E-state index contributed by atoms with van der Waals surface area (Å²) in [6.07, 6.45) is 0. The molecule has 47 heavy (non-hydrogen) atoms. The molecule has 0 unspecified atom stereocenters. The van der Waals surface area contributed by atoms with E-state index in [0.29, 0.717) is 22.9 Å². The Kier molecular flexibility index (Phi) is 12.5. The second kappa shape index (κ2) is 15.4. The van der Waals surface area contributed by atoms with Crippen LogP contribution in [-0.4, -0.2) is 51.2 Å². The van der Waals surface area contributed by atoms with Crippen molar-refractivity contribution in [1.29, 1.82) is 0 Å². The van der Waals surface area contributed by atoms with E-state index < -0.39 is 29.8 Å². The smallest absolute Gasteiger partial charge is 0.264 e. The van der Waals surface area contributed by atoms with E-state index in [2.05, 4.69) is 31.9 Å². The van der Waals surface area contributed by atoms with E-state index >= 15 is 0 Å². The summed E-state index contributed by atoms with van der Waals surface area (Å²) in [5.41, 5.74) is 2.85. The molecular weight excluding hydrogens is 827 g/mol. The van der Waals surface area contributed by atoms with Crippen LogP contribution < -0.4 is 8.61 Å². The lowest BCUT2D eigenvalue weighted by atomic mass is 10.2. The predicted molar refractivity (Wildman–Crippen MR) is 206 cm³/mol. The van der Waals surface area contributed by atoms with Gasteiger partial charge >= 0.3 is 0 Å². The molecule has 0 amide bonds. The first-order valence-corrected chi connectivity index (χ1v) is 20.9. The Morgan fingerprint density at radius 2 is 0.957 bits per heavy atom. The Labute approximate surface area is 310 Å². The Morgan fingerprint density at radius 3 is 1.28 bits per heavy atom. The molecule has 252 valence electrons.